The van der Waals surface area contributed by atoms with Gasteiger partial charge in [0.25, 0.3) is 0 Å². The zero-order chi connectivity index (χ0) is 41.2. The Morgan fingerprint density at radius 2 is 0.746 bits per heavy atom. The van der Waals surface area contributed by atoms with E-state index in [1.54, 1.807) is 0 Å². The zero-order valence-corrected chi connectivity index (χ0v) is 33.9. The second kappa shape index (κ2) is 12.8. The topological polar surface area (TPSA) is 48.5 Å². The van der Waals surface area contributed by atoms with Gasteiger partial charge in [-0.05, 0) is 68.8 Å². The molecule has 63 heavy (non-hydrogen) atoms. The number of fused-ring (bicyclic) bond motifs is 17. The lowest BCUT2D eigenvalue weighted by molar-refractivity contribution is 0.792. The lowest BCUT2D eigenvalue weighted by Gasteiger charge is -2.30. The smallest absolute Gasteiger partial charge is 0.238 e. The average Bonchev–Trinajstić information content (AvgIpc) is 4.06. The Bertz CT molecular complexity index is 3740. The van der Waals surface area contributed by atoms with Crippen LogP contribution >= 0.6 is 0 Å². The van der Waals surface area contributed by atoms with E-state index in [4.69, 9.17) is 15.0 Å². The van der Waals surface area contributed by atoms with Crippen molar-refractivity contribution in [1.29, 1.82) is 0 Å². The van der Waals surface area contributed by atoms with Gasteiger partial charge in [0, 0.05) is 38.4 Å². The van der Waals surface area contributed by atoms with E-state index in [1.165, 1.54) is 49.9 Å². The largest absolute Gasteiger partial charge is 0.307 e. The molecule has 0 saturated heterocycles. The first-order valence-electron chi connectivity index (χ1n) is 21.5. The lowest BCUT2D eigenvalue weighted by atomic mass is 9.70. The van der Waals surface area contributed by atoms with Gasteiger partial charge in [-0.2, -0.15) is 9.97 Å². The second-order valence-electron chi connectivity index (χ2n) is 16.7. The third-order valence-electron chi connectivity index (χ3n) is 13.6. The SMILES string of the molecule is c1ccc(-c2nc(-c3ccccc3)nc(-n3c4ccccc4c4ccc5c6ccccc6n(-c6ccc7c(c6)C6(c8ccccc8-c8ccccc86)c6ccccc6-7)c5c43)n2)cc1. The molecule has 0 unspecified atom stereocenters. The first kappa shape index (κ1) is 34.3. The van der Waals surface area contributed by atoms with Gasteiger partial charge in [-0.1, -0.05) is 188 Å². The van der Waals surface area contributed by atoms with E-state index in [2.05, 4.69) is 185 Å². The Morgan fingerprint density at radius 1 is 0.317 bits per heavy atom. The van der Waals surface area contributed by atoms with Crippen molar-refractivity contribution in [3.63, 3.8) is 0 Å². The summed E-state index contributed by atoms with van der Waals surface area (Å²) in [6.45, 7) is 0. The molecule has 5 nitrogen and oxygen atoms in total. The van der Waals surface area contributed by atoms with Crippen LogP contribution in [0.1, 0.15) is 22.3 Å². The standard InChI is InChI=1S/C58H35N5/c1-3-17-36(18-4-1)55-59-56(37-19-5-2-6-20-37)61-57(60-55)63-52-30-16-11-25-44(52)46-34-33-45-43-24-10-15-29-51(43)62(53(45)54(46)63)38-31-32-42-41-23-9-14-28-49(41)58(50(42)35-38)47-26-12-7-21-39(47)40-22-8-13-27-48(40)58/h1-35H. The number of aromatic nitrogens is 5. The Morgan fingerprint density at radius 3 is 1.29 bits per heavy atom. The molecule has 2 aliphatic carbocycles. The van der Waals surface area contributed by atoms with Crippen LogP contribution in [0.25, 0.3) is 100 Å². The Kier molecular flexibility index (Phi) is 6.97. The monoisotopic (exact) mass is 801 g/mol. The molecule has 0 fully saturated rings. The first-order valence-corrected chi connectivity index (χ1v) is 21.5. The third-order valence-corrected chi connectivity index (χ3v) is 13.6. The molecule has 0 atom stereocenters. The van der Waals surface area contributed by atoms with E-state index in [-0.39, 0.29) is 0 Å². The molecule has 14 rings (SSSR count). The molecule has 12 aromatic rings. The van der Waals surface area contributed by atoms with Gasteiger partial charge >= 0.3 is 0 Å². The Balaban J connectivity index is 1.11. The van der Waals surface area contributed by atoms with Crippen molar-refractivity contribution in [2.24, 2.45) is 0 Å². The van der Waals surface area contributed by atoms with Crippen molar-refractivity contribution in [2.75, 3.05) is 0 Å². The summed E-state index contributed by atoms with van der Waals surface area (Å²) in [6.07, 6.45) is 0. The van der Waals surface area contributed by atoms with Crippen LogP contribution in [0.15, 0.2) is 212 Å². The fraction of sp³-hybridized carbons (Fsp3) is 0.0172. The van der Waals surface area contributed by atoms with Gasteiger partial charge in [-0.25, -0.2) is 4.98 Å². The van der Waals surface area contributed by atoms with Crippen molar-refractivity contribution in [2.45, 2.75) is 5.41 Å². The number of para-hydroxylation sites is 2. The van der Waals surface area contributed by atoms with Gasteiger partial charge in [0.15, 0.2) is 11.6 Å². The molecule has 1 spiro atoms. The minimum absolute atomic E-state index is 0.468. The fourth-order valence-electron chi connectivity index (χ4n) is 11.1. The summed E-state index contributed by atoms with van der Waals surface area (Å²) in [7, 11) is 0. The van der Waals surface area contributed by atoms with Crippen LogP contribution in [-0.4, -0.2) is 24.1 Å². The molecule has 3 aromatic heterocycles. The Hall–Kier alpha value is -8.41. The van der Waals surface area contributed by atoms with Crippen molar-refractivity contribution in [3.05, 3.63) is 235 Å². The number of hydrogen-bond donors (Lipinski definition) is 0. The van der Waals surface area contributed by atoms with Crippen molar-refractivity contribution < 1.29 is 0 Å². The number of nitrogens with zero attached hydrogens (tertiary/aromatic N) is 5. The minimum Gasteiger partial charge on any atom is -0.307 e. The number of hydrogen-bond acceptors (Lipinski definition) is 3. The molecular weight excluding hydrogens is 767 g/mol. The molecule has 0 radical (unpaired) electrons. The van der Waals surface area contributed by atoms with Crippen LogP contribution in [0.2, 0.25) is 0 Å². The molecule has 5 heteroatoms. The molecular formula is C58H35N5. The quantitative estimate of drug-likeness (QED) is 0.178. The van der Waals surface area contributed by atoms with E-state index in [9.17, 15) is 0 Å². The summed E-state index contributed by atoms with van der Waals surface area (Å²) in [5, 5.41) is 4.62. The van der Waals surface area contributed by atoms with E-state index < -0.39 is 5.41 Å². The summed E-state index contributed by atoms with van der Waals surface area (Å²) < 4.78 is 4.76. The minimum atomic E-state index is -0.468. The van der Waals surface area contributed by atoms with Crippen LogP contribution in [0.5, 0.6) is 0 Å². The Labute approximate surface area is 362 Å². The molecule has 0 saturated carbocycles. The normalized spacial score (nSPS) is 13.2. The van der Waals surface area contributed by atoms with Crippen LogP contribution in [0.4, 0.5) is 0 Å². The molecule has 3 heterocycles. The maximum Gasteiger partial charge on any atom is 0.238 e. The van der Waals surface area contributed by atoms with E-state index in [0.29, 0.717) is 17.6 Å². The maximum absolute atomic E-state index is 5.33. The number of benzene rings is 9. The molecule has 2 aliphatic rings. The van der Waals surface area contributed by atoms with E-state index >= 15 is 0 Å². The van der Waals surface area contributed by atoms with Gasteiger partial charge in [0.2, 0.25) is 5.95 Å². The van der Waals surface area contributed by atoms with Gasteiger partial charge in [-0.3, -0.25) is 4.57 Å². The highest BCUT2D eigenvalue weighted by Gasteiger charge is 2.51. The van der Waals surface area contributed by atoms with Gasteiger partial charge in [-0.15, -0.1) is 0 Å². The van der Waals surface area contributed by atoms with Crippen LogP contribution < -0.4 is 0 Å². The highest BCUT2D eigenvalue weighted by atomic mass is 15.2. The van der Waals surface area contributed by atoms with Crippen LogP contribution in [0, 0.1) is 0 Å². The average molecular weight is 802 g/mol. The van der Waals surface area contributed by atoms with Gasteiger partial charge < -0.3 is 4.57 Å². The highest BCUT2D eigenvalue weighted by Crippen LogP contribution is 2.63. The number of rotatable bonds is 4. The highest BCUT2D eigenvalue weighted by molar-refractivity contribution is 6.23. The van der Waals surface area contributed by atoms with Crippen LogP contribution in [-0.2, 0) is 5.41 Å². The molecule has 0 bridgehead atoms. The first-order chi connectivity index (χ1) is 31.3. The summed E-state index contributed by atoms with van der Waals surface area (Å²) in [6, 6.07) is 76.7. The predicted octanol–water partition coefficient (Wildman–Crippen LogP) is 13.7. The van der Waals surface area contributed by atoms with Crippen molar-refractivity contribution >= 4 is 43.6 Å². The lowest BCUT2D eigenvalue weighted by Crippen LogP contribution is -2.26. The summed E-state index contributed by atoms with van der Waals surface area (Å²) >= 11 is 0. The van der Waals surface area contributed by atoms with Crippen molar-refractivity contribution in [3.8, 4) is 56.7 Å². The molecule has 0 aliphatic heterocycles. The summed E-state index contributed by atoms with van der Waals surface area (Å²) in [5.74, 6) is 1.82. The van der Waals surface area contributed by atoms with Crippen LogP contribution in [0.3, 0.4) is 0 Å². The van der Waals surface area contributed by atoms with Crippen molar-refractivity contribution in [1.82, 2.24) is 24.1 Å². The van der Waals surface area contributed by atoms with E-state index in [1.807, 2.05) is 36.4 Å². The van der Waals surface area contributed by atoms with E-state index in [0.717, 1.165) is 55.0 Å². The summed E-state index contributed by atoms with van der Waals surface area (Å²) in [5.41, 5.74) is 17.3. The fourth-order valence-corrected chi connectivity index (χ4v) is 11.1. The molecule has 292 valence electrons. The maximum atomic E-state index is 5.33. The predicted molar refractivity (Wildman–Crippen MR) is 256 cm³/mol. The zero-order valence-electron chi connectivity index (χ0n) is 33.9. The summed E-state index contributed by atoms with van der Waals surface area (Å²) in [4.78, 5) is 15.7. The molecule has 0 amide bonds. The molecule has 9 aromatic carbocycles. The third kappa shape index (κ3) is 4.57. The van der Waals surface area contributed by atoms with Gasteiger partial charge in [0.1, 0.15) is 0 Å². The molecule has 0 N–H and O–H groups in total. The van der Waals surface area contributed by atoms with Gasteiger partial charge in [0.05, 0.1) is 27.5 Å². The second-order valence-corrected chi connectivity index (χ2v) is 16.7.